The molecule has 7 nitrogen and oxygen atoms in total. The minimum atomic E-state index is -0.819. The highest BCUT2D eigenvalue weighted by Crippen LogP contribution is 2.33. The Morgan fingerprint density at radius 3 is 2.27 bits per heavy atom. The molecule has 1 saturated heterocycles. The monoisotopic (exact) mass is 553 g/mol. The molecule has 3 aromatic carbocycles. The van der Waals surface area contributed by atoms with Crippen molar-refractivity contribution in [1.29, 1.82) is 0 Å². The van der Waals surface area contributed by atoms with Crippen molar-refractivity contribution >= 4 is 17.7 Å². The first-order chi connectivity index (χ1) is 19.7. The number of piperazine rings is 1. The van der Waals surface area contributed by atoms with E-state index in [2.05, 4.69) is 29.6 Å². The lowest BCUT2D eigenvalue weighted by Gasteiger charge is -2.49. The van der Waals surface area contributed by atoms with E-state index < -0.39 is 18.1 Å². The second-order valence-electron chi connectivity index (χ2n) is 11.8. The summed E-state index contributed by atoms with van der Waals surface area (Å²) in [6.45, 7) is 6.92. The van der Waals surface area contributed by atoms with Crippen LogP contribution in [0.1, 0.15) is 48.1 Å². The number of hydrogen-bond donors (Lipinski definition) is 2. The second-order valence-corrected chi connectivity index (χ2v) is 11.8. The normalized spacial score (nSPS) is 19.1. The number of carbonyl (C=O) groups is 3. The van der Waals surface area contributed by atoms with E-state index in [1.807, 2.05) is 45.0 Å². The van der Waals surface area contributed by atoms with Crippen molar-refractivity contribution in [3.05, 3.63) is 101 Å². The van der Waals surface area contributed by atoms with Gasteiger partial charge in [0.25, 0.3) is 0 Å². The van der Waals surface area contributed by atoms with Crippen LogP contribution in [0.4, 0.5) is 0 Å². The van der Waals surface area contributed by atoms with Crippen molar-refractivity contribution in [3.63, 3.8) is 0 Å². The topological polar surface area (TPSA) is 90.0 Å². The fraction of sp³-hybridized carbons (Fsp3) is 0.382. The van der Waals surface area contributed by atoms with Crippen LogP contribution < -0.4 is 5.32 Å². The van der Waals surface area contributed by atoms with Gasteiger partial charge in [-0.3, -0.25) is 14.4 Å². The van der Waals surface area contributed by atoms with Gasteiger partial charge < -0.3 is 20.2 Å². The molecule has 2 N–H and O–H groups in total. The van der Waals surface area contributed by atoms with Gasteiger partial charge in [0.05, 0.1) is 0 Å². The maximum absolute atomic E-state index is 14.3. The smallest absolute Gasteiger partial charge is 0.247 e. The van der Waals surface area contributed by atoms with Crippen LogP contribution in [0.15, 0.2) is 72.8 Å². The zero-order valence-corrected chi connectivity index (χ0v) is 24.0. The number of hydrogen-bond acceptors (Lipinski definition) is 4. The number of nitrogens with zero attached hydrogens (tertiary/aromatic N) is 2. The molecule has 0 saturated carbocycles. The number of nitrogens with one attached hydrogen (secondary N) is 1. The van der Waals surface area contributed by atoms with Gasteiger partial charge in [-0.15, -0.1) is 0 Å². The minimum Gasteiger partial charge on any atom is -0.508 e. The van der Waals surface area contributed by atoms with Crippen LogP contribution in [0.5, 0.6) is 5.75 Å². The Kier molecular flexibility index (Phi) is 8.43. The third kappa shape index (κ3) is 6.29. The first kappa shape index (κ1) is 28.4. The summed E-state index contributed by atoms with van der Waals surface area (Å²) in [5, 5.41) is 12.9. The van der Waals surface area contributed by atoms with Gasteiger partial charge in [-0.05, 0) is 60.1 Å². The number of aryl methyl sites for hydroxylation is 1. The van der Waals surface area contributed by atoms with Crippen molar-refractivity contribution in [3.8, 4) is 5.75 Å². The maximum atomic E-state index is 14.3. The van der Waals surface area contributed by atoms with Gasteiger partial charge >= 0.3 is 0 Å². The van der Waals surface area contributed by atoms with Gasteiger partial charge in [-0.1, -0.05) is 80.1 Å². The Labute approximate surface area is 242 Å². The molecular formula is C34H39N3O4. The molecule has 0 aromatic heterocycles. The average molecular weight is 554 g/mol. The minimum absolute atomic E-state index is 0.130. The number of rotatable bonds is 9. The predicted octanol–water partition coefficient (Wildman–Crippen LogP) is 4.18. The van der Waals surface area contributed by atoms with E-state index in [0.29, 0.717) is 32.4 Å². The van der Waals surface area contributed by atoms with E-state index in [4.69, 9.17) is 0 Å². The zero-order chi connectivity index (χ0) is 29.1. The Morgan fingerprint density at radius 2 is 1.59 bits per heavy atom. The first-order valence-electron chi connectivity index (χ1n) is 14.5. The molecule has 3 atom stereocenters. The largest absolute Gasteiger partial charge is 0.508 e. The molecule has 0 aliphatic carbocycles. The van der Waals surface area contributed by atoms with Crippen molar-refractivity contribution in [1.82, 2.24) is 15.1 Å². The van der Waals surface area contributed by atoms with Gasteiger partial charge in [0, 0.05) is 25.9 Å². The number of fused-ring (bicyclic) bond motifs is 2. The van der Waals surface area contributed by atoms with E-state index >= 15 is 0 Å². The number of phenols is 1. The highest BCUT2D eigenvalue weighted by Gasteiger charge is 2.51. The van der Waals surface area contributed by atoms with Crippen molar-refractivity contribution in [2.45, 2.75) is 71.1 Å². The summed E-state index contributed by atoms with van der Waals surface area (Å²) in [6, 6.07) is 20.6. The number of benzene rings is 3. The number of aromatic hydroxyl groups is 1. The van der Waals surface area contributed by atoms with E-state index in [0.717, 1.165) is 22.3 Å². The van der Waals surface area contributed by atoms with Crippen LogP contribution in [-0.4, -0.2) is 57.3 Å². The summed E-state index contributed by atoms with van der Waals surface area (Å²) in [5.41, 5.74) is 5.24. The van der Waals surface area contributed by atoms with Crippen LogP contribution in [0.25, 0.3) is 0 Å². The van der Waals surface area contributed by atoms with E-state index in [-0.39, 0.29) is 35.8 Å². The zero-order valence-electron chi connectivity index (χ0n) is 24.0. The first-order valence-corrected chi connectivity index (χ1v) is 14.5. The molecule has 2 heterocycles. The van der Waals surface area contributed by atoms with Crippen LogP contribution in [0.2, 0.25) is 0 Å². The van der Waals surface area contributed by atoms with Gasteiger partial charge in [0.15, 0.2) is 0 Å². The molecule has 5 rings (SSSR count). The highest BCUT2D eigenvalue weighted by molar-refractivity contribution is 6.00. The summed E-state index contributed by atoms with van der Waals surface area (Å²) in [7, 11) is 0. The summed E-state index contributed by atoms with van der Waals surface area (Å²) in [5.74, 6) is -0.284. The number of phenolic OH excluding ortho intramolecular Hbond substituents is 1. The van der Waals surface area contributed by atoms with Gasteiger partial charge in [0.2, 0.25) is 17.7 Å². The molecule has 3 amide bonds. The van der Waals surface area contributed by atoms with Crippen LogP contribution in [0, 0.1) is 12.8 Å². The third-order valence-electron chi connectivity index (χ3n) is 8.22. The lowest BCUT2D eigenvalue weighted by atomic mass is 9.87. The molecule has 3 aromatic rings. The Hall–Kier alpha value is -4.13. The molecular weight excluding hydrogens is 514 g/mol. The van der Waals surface area contributed by atoms with Gasteiger partial charge in [0.1, 0.15) is 23.9 Å². The van der Waals surface area contributed by atoms with Crippen LogP contribution in [0.3, 0.4) is 0 Å². The lowest BCUT2D eigenvalue weighted by Crippen LogP contribution is -2.70. The summed E-state index contributed by atoms with van der Waals surface area (Å²) < 4.78 is 0. The molecule has 0 spiro atoms. The molecule has 0 bridgehead atoms. The molecule has 0 radical (unpaired) electrons. The SMILES string of the molecule is Cc1ccc(CCNC(=O)C(CC(C)C)N2C(=O)[C@@H]3Cc4ccccc4CN3C(=O)[C@@H]2Cc2ccc(O)cc2)cc1. The lowest BCUT2D eigenvalue weighted by molar-refractivity contribution is -0.168. The molecule has 2 aliphatic rings. The standard InChI is InChI=1S/C34H39N3O4/c1-22(2)18-29(32(39)35-17-16-24-10-8-23(3)9-11-24)37-31(19-25-12-14-28(38)15-13-25)33(40)36-21-27-7-5-4-6-26(27)20-30(36)34(37)41/h4-15,22,29-31,38H,16-21H2,1-3H3,(H,35,39)/t29?,30-,31-/m0/s1. The highest BCUT2D eigenvalue weighted by atomic mass is 16.3. The second kappa shape index (κ2) is 12.2. The Balaban J connectivity index is 1.45. The predicted molar refractivity (Wildman–Crippen MR) is 158 cm³/mol. The van der Waals surface area contributed by atoms with Crippen molar-refractivity contribution in [2.75, 3.05) is 6.54 Å². The van der Waals surface area contributed by atoms with Crippen LogP contribution in [-0.2, 0) is 40.2 Å². The van der Waals surface area contributed by atoms with E-state index in [9.17, 15) is 19.5 Å². The van der Waals surface area contributed by atoms with Gasteiger partial charge in [-0.2, -0.15) is 0 Å². The number of amides is 3. The Morgan fingerprint density at radius 1 is 0.927 bits per heavy atom. The fourth-order valence-corrected chi connectivity index (χ4v) is 6.02. The van der Waals surface area contributed by atoms with Crippen LogP contribution >= 0.6 is 0 Å². The summed E-state index contributed by atoms with van der Waals surface area (Å²) in [6.07, 6.45) is 1.83. The fourth-order valence-electron chi connectivity index (χ4n) is 6.02. The average Bonchev–Trinajstić information content (AvgIpc) is 2.96. The van der Waals surface area contributed by atoms with Crippen molar-refractivity contribution < 1.29 is 19.5 Å². The Bertz CT molecular complexity index is 1400. The third-order valence-corrected chi connectivity index (χ3v) is 8.22. The van der Waals surface area contributed by atoms with Crippen molar-refractivity contribution in [2.24, 2.45) is 5.92 Å². The molecule has 2 aliphatic heterocycles. The van der Waals surface area contributed by atoms with E-state index in [1.165, 1.54) is 5.56 Å². The summed E-state index contributed by atoms with van der Waals surface area (Å²) >= 11 is 0. The molecule has 41 heavy (non-hydrogen) atoms. The number of carbonyl (C=O) groups excluding carboxylic acids is 3. The molecule has 1 unspecified atom stereocenters. The molecule has 7 heteroatoms. The maximum Gasteiger partial charge on any atom is 0.247 e. The van der Waals surface area contributed by atoms with Gasteiger partial charge in [-0.25, -0.2) is 0 Å². The quantitative estimate of drug-likeness (QED) is 0.416. The van der Waals surface area contributed by atoms with E-state index in [1.54, 1.807) is 34.1 Å². The molecule has 214 valence electrons. The molecule has 1 fully saturated rings. The summed E-state index contributed by atoms with van der Waals surface area (Å²) in [4.78, 5) is 45.6.